The number of hydrogen-bond donors (Lipinski definition) is 2. The van der Waals surface area contributed by atoms with E-state index in [0.717, 1.165) is 56.8 Å². The number of carbonyl (C=O) groups excluding carboxylic acids is 1. The quantitative estimate of drug-likeness (QED) is 0.521. The molecule has 0 fully saturated rings. The van der Waals surface area contributed by atoms with Crippen LogP contribution in [0.5, 0.6) is 5.75 Å². The molecule has 1 atom stereocenters. The van der Waals surface area contributed by atoms with Gasteiger partial charge in [-0.05, 0) is 49.2 Å². The van der Waals surface area contributed by atoms with Gasteiger partial charge in [-0.15, -0.1) is 0 Å². The molecule has 5 rings (SSSR count). The second kappa shape index (κ2) is 7.87. The van der Waals surface area contributed by atoms with Crippen molar-refractivity contribution < 1.29 is 9.53 Å². The predicted molar refractivity (Wildman–Crippen MR) is 120 cm³/mol. The molecule has 6 heteroatoms. The summed E-state index contributed by atoms with van der Waals surface area (Å²) in [6.45, 7) is 4.40. The van der Waals surface area contributed by atoms with Crippen LogP contribution in [0.15, 0.2) is 54.9 Å². The molecule has 156 valence electrons. The van der Waals surface area contributed by atoms with Gasteiger partial charge in [0.15, 0.2) is 0 Å². The van der Waals surface area contributed by atoms with Crippen LogP contribution < -0.4 is 10.1 Å². The van der Waals surface area contributed by atoms with Crippen LogP contribution in [0.2, 0.25) is 0 Å². The number of benzene rings is 2. The summed E-state index contributed by atoms with van der Waals surface area (Å²) in [7, 11) is 0. The second-order valence-corrected chi connectivity index (χ2v) is 8.05. The minimum atomic E-state index is -0.0677. The van der Waals surface area contributed by atoms with Crippen LogP contribution in [0.3, 0.4) is 0 Å². The third kappa shape index (κ3) is 3.89. The average molecular weight is 412 g/mol. The summed E-state index contributed by atoms with van der Waals surface area (Å²) >= 11 is 0. The van der Waals surface area contributed by atoms with Crippen LogP contribution in [-0.2, 0) is 17.6 Å². The molecule has 0 spiro atoms. The van der Waals surface area contributed by atoms with Crippen molar-refractivity contribution in [1.29, 1.82) is 0 Å². The molecule has 2 N–H and O–H groups in total. The lowest BCUT2D eigenvalue weighted by molar-refractivity contribution is -0.120. The van der Waals surface area contributed by atoms with E-state index in [1.807, 2.05) is 56.4 Å². The summed E-state index contributed by atoms with van der Waals surface area (Å²) in [5.41, 5.74) is 6.93. The van der Waals surface area contributed by atoms with Crippen molar-refractivity contribution in [3.63, 3.8) is 0 Å². The molecule has 0 bridgehead atoms. The molecule has 1 amide bonds. The number of nitrogens with one attached hydrogen (secondary N) is 2. The standard InChI is InChI=1S/C25H24N4O2/c1-15-12-26-16(2)25(29-15)17-7-8-23-18(9-17)10-20(31-23)14-28-24(30)11-19-13-27-22-6-4-3-5-21(19)22/h3-9,12-13,20,27H,10-11,14H2,1-2H3,(H,28,30)/t20-/m0/s1. The van der Waals surface area contributed by atoms with Gasteiger partial charge in [-0.3, -0.25) is 9.78 Å². The first kappa shape index (κ1) is 19.3. The van der Waals surface area contributed by atoms with Gasteiger partial charge in [-0.2, -0.15) is 0 Å². The Hall–Kier alpha value is -3.67. The molecule has 3 heterocycles. The number of H-pyrrole nitrogens is 1. The van der Waals surface area contributed by atoms with Crippen molar-refractivity contribution in [3.8, 4) is 17.0 Å². The average Bonchev–Trinajstić information content (AvgIpc) is 3.37. The molecule has 2 aromatic heterocycles. The zero-order chi connectivity index (χ0) is 21.4. The minimum Gasteiger partial charge on any atom is -0.488 e. The smallest absolute Gasteiger partial charge is 0.224 e. The van der Waals surface area contributed by atoms with Gasteiger partial charge in [0.25, 0.3) is 0 Å². The lowest BCUT2D eigenvalue weighted by atomic mass is 10.0. The maximum Gasteiger partial charge on any atom is 0.224 e. The van der Waals surface area contributed by atoms with E-state index >= 15 is 0 Å². The van der Waals surface area contributed by atoms with Crippen LogP contribution in [0.25, 0.3) is 22.2 Å². The van der Waals surface area contributed by atoms with Gasteiger partial charge in [0.05, 0.1) is 30.0 Å². The van der Waals surface area contributed by atoms with Crippen molar-refractivity contribution >= 4 is 16.8 Å². The molecule has 0 aliphatic carbocycles. The Morgan fingerprint density at radius 2 is 2.10 bits per heavy atom. The normalized spacial score (nSPS) is 15.0. The van der Waals surface area contributed by atoms with E-state index in [4.69, 9.17) is 4.74 Å². The molecule has 31 heavy (non-hydrogen) atoms. The number of aromatic amines is 1. The highest BCUT2D eigenvalue weighted by molar-refractivity contribution is 5.88. The first-order valence-corrected chi connectivity index (χ1v) is 10.5. The maximum atomic E-state index is 12.5. The molecule has 4 aromatic rings. The topological polar surface area (TPSA) is 79.9 Å². The number of hydrogen-bond acceptors (Lipinski definition) is 4. The highest BCUT2D eigenvalue weighted by atomic mass is 16.5. The van der Waals surface area contributed by atoms with Gasteiger partial charge < -0.3 is 15.0 Å². The summed E-state index contributed by atoms with van der Waals surface area (Å²) in [6.07, 6.45) is 4.73. The Morgan fingerprint density at radius 3 is 3.00 bits per heavy atom. The largest absolute Gasteiger partial charge is 0.488 e. The Balaban J connectivity index is 1.22. The van der Waals surface area contributed by atoms with Gasteiger partial charge in [-0.25, -0.2) is 4.98 Å². The molecule has 0 saturated carbocycles. The fourth-order valence-electron chi connectivity index (χ4n) is 4.13. The van der Waals surface area contributed by atoms with Gasteiger partial charge in [-0.1, -0.05) is 18.2 Å². The fraction of sp³-hybridized carbons (Fsp3) is 0.240. The second-order valence-electron chi connectivity index (χ2n) is 8.05. The summed E-state index contributed by atoms with van der Waals surface area (Å²) in [5, 5.41) is 4.11. The third-order valence-electron chi connectivity index (χ3n) is 5.70. The van der Waals surface area contributed by atoms with Crippen LogP contribution in [0, 0.1) is 13.8 Å². The first-order chi connectivity index (χ1) is 15.1. The number of aromatic nitrogens is 3. The number of carbonyl (C=O) groups is 1. The van der Waals surface area contributed by atoms with E-state index in [1.165, 1.54) is 0 Å². The lowest BCUT2D eigenvalue weighted by Gasteiger charge is -2.11. The highest BCUT2D eigenvalue weighted by Crippen LogP contribution is 2.33. The van der Waals surface area contributed by atoms with Crippen LogP contribution in [-0.4, -0.2) is 33.5 Å². The predicted octanol–water partition coefficient (Wildman–Crippen LogP) is 3.90. The van der Waals surface area contributed by atoms with E-state index in [9.17, 15) is 4.79 Å². The number of aryl methyl sites for hydroxylation is 2. The minimum absolute atomic E-state index is 0.00402. The molecular formula is C25H24N4O2. The van der Waals surface area contributed by atoms with Crippen molar-refractivity contribution in [3.05, 3.63) is 77.4 Å². The summed E-state index contributed by atoms with van der Waals surface area (Å²) in [6, 6.07) is 14.1. The monoisotopic (exact) mass is 412 g/mol. The summed E-state index contributed by atoms with van der Waals surface area (Å²) in [4.78, 5) is 24.8. The summed E-state index contributed by atoms with van der Waals surface area (Å²) < 4.78 is 6.05. The van der Waals surface area contributed by atoms with E-state index in [-0.39, 0.29) is 12.0 Å². The zero-order valence-corrected chi connectivity index (χ0v) is 17.6. The molecule has 0 radical (unpaired) electrons. The van der Waals surface area contributed by atoms with E-state index in [1.54, 1.807) is 6.20 Å². The van der Waals surface area contributed by atoms with Gasteiger partial charge in [0.1, 0.15) is 11.9 Å². The molecule has 0 saturated heterocycles. The third-order valence-corrected chi connectivity index (χ3v) is 5.70. The summed E-state index contributed by atoms with van der Waals surface area (Å²) in [5.74, 6) is 0.869. The number of ether oxygens (including phenoxy) is 1. The van der Waals surface area contributed by atoms with Crippen LogP contribution >= 0.6 is 0 Å². The molecule has 2 aromatic carbocycles. The fourth-order valence-corrected chi connectivity index (χ4v) is 4.13. The number of nitrogens with zero attached hydrogens (tertiary/aromatic N) is 2. The van der Waals surface area contributed by atoms with E-state index < -0.39 is 0 Å². The van der Waals surface area contributed by atoms with Gasteiger partial charge >= 0.3 is 0 Å². The molecular weight excluding hydrogens is 388 g/mol. The number of rotatable bonds is 5. The van der Waals surface area contributed by atoms with Crippen molar-refractivity contribution in [1.82, 2.24) is 20.3 Å². The van der Waals surface area contributed by atoms with Gasteiger partial charge in [0, 0.05) is 35.3 Å². The Bertz CT molecular complexity index is 1280. The maximum absolute atomic E-state index is 12.5. The molecule has 1 aliphatic rings. The number of para-hydroxylation sites is 1. The zero-order valence-electron chi connectivity index (χ0n) is 17.6. The SMILES string of the molecule is Cc1cnc(C)c(-c2ccc3c(c2)C[C@@H](CNC(=O)Cc2c[nH]c4ccccc24)O3)n1. The van der Waals surface area contributed by atoms with Crippen LogP contribution in [0.1, 0.15) is 22.5 Å². The Kier molecular flexibility index (Phi) is 4.90. The Morgan fingerprint density at radius 1 is 1.23 bits per heavy atom. The van der Waals surface area contributed by atoms with Crippen molar-refractivity contribution in [2.45, 2.75) is 32.8 Å². The molecule has 6 nitrogen and oxygen atoms in total. The van der Waals surface area contributed by atoms with Crippen LogP contribution in [0.4, 0.5) is 0 Å². The highest BCUT2D eigenvalue weighted by Gasteiger charge is 2.24. The number of amides is 1. The first-order valence-electron chi connectivity index (χ1n) is 10.5. The van der Waals surface area contributed by atoms with Crippen molar-refractivity contribution in [2.75, 3.05) is 6.54 Å². The van der Waals surface area contributed by atoms with E-state index in [2.05, 4.69) is 26.3 Å². The van der Waals surface area contributed by atoms with Crippen molar-refractivity contribution in [2.24, 2.45) is 0 Å². The molecule has 0 unspecified atom stereocenters. The number of fused-ring (bicyclic) bond motifs is 2. The van der Waals surface area contributed by atoms with Gasteiger partial charge in [0.2, 0.25) is 5.91 Å². The Labute approximate surface area is 180 Å². The molecule has 1 aliphatic heterocycles. The lowest BCUT2D eigenvalue weighted by Crippen LogP contribution is -2.35. The van der Waals surface area contributed by atoms with E-state index in [0.29, 0.717) is 13.0 Å².